The molecule has 0 atom stereocenters. The standard InChI is InChI=1S/C11H10F3N3O3/c1-2-20-10(19)8(11(12,13)14)16-17-9(18)7-4-3-5-15-6-7/h3-6H,2H2,1H3,(H,17,18)/b16-8-. The summed E-state index contributed by atoms with van der Waals surface area (Å²) in [5.41, 5.74) is -0.202. The molecule has 6 nitrogen and oxygen atoms in total. The van der Waals surface area contributed by atoms with Crippen molar-refractivity contribution < 1.29 is 27.5 Å². The van der Waals surface area contributed by atoms with Crippen LogP contribution in [0.4, 0.5) is 13.2 Å². The molecule has 1 heterocycles. The van der Waals surface area contributed by atoms with Crippen LogP contribution >= 0.6 is 0 Å². The number of nitrogens with one attached hydrogen (secondary N) is 1. The van der Waals surface area contributed by atoms with E-state index in [1.807, 2.05) is 0 Å². The number of carbonyl (C=O) groups is 2. The van der Waals surface area contributed by atoms with Crippen molar-refractivity contribution in [3.63, 3.8) is 0 Å². The zero-order chi connectivity index (χ0) is 15.2. The van der Waals surface area contributed by atoms with Crippen molar-refractivity contribution in [2.45, 2.75) is 13.1 Å². The molecule has 1 aromatic heterocycles. The maximum atomic E-state index is 12.6. The summed E-state index contributed by atoms with van der Waals surface area (Å²) >= 11 is 0. The average Bonchev–Trinajstić information content (AvgIpc) is 2.38. The second-order valence-electron chi connectivity index (χ2n) is 3.36. The molecular weight excluding hydrogens is 279 g/mol. The Morgan fingerprint density at radius 3 is 2.65 bits per heavy atom. The summed E-state index contributed by atoms with van der Waals surface area (Å²) in [5.74, 6) is -2.59. The van der Waals surface area contributed by atoms with E-state index in [0.29, 0.717) is 0 Å². The minimum absolute atomic E-state index is 0.00151. The number of hydrogen-bond donors (Lipinski definition) is 1. The highest BCUT2D eigenvalue weighted by Crippen LogP contribution is 2.18. The molecule has 0 aromatic carbocycles. The largest absolute Gasteiger partial charge is 0.461 e. The Kier molecular flexibility index (Phi) is 5.18. The molecule has 0 fully saturated rings. The molecule has 0 radical (unpaired) electrons. The minimum Gasteiger partial charge on any atom is -0.461 e. The van der Waals surface area contributed by atoms with Crippen molar-refractivity contribution in [3.8, 4) is 0 Å². The highest BCUT2D eigenvalue weighted by Gasteiger charge is 2.42. The molecule has 1 amide bonds. The van der Waals surface area contributed by atoms with Crippen molar-refractivity contribution >= 4 is 17.6 Å². The van der Waals surface area contributed by atoms with E-state index in [1.54, 1.807) is 5.43 Å². The van der Waals surface area contributed by atoms with Crippen LogP contribution in [0.25, 0.3) is 0 Å². The van der Waals surface area contributed by atoms with Gasteiger partial charge in [0.2, 0.25) is 5.71 Å². The van der Waals surface area contributed by atoms with E-state index in [2.05, 4.69) is 14.8 Å². The minimum atomic E-state index is -5.03. The van der Waals surface area contributed by atoms with Crippen molar-refractivity contribution in [3.05, 3.63) is 30.1 Å². The average molecular weight is 289 g/mol. The van der Waals surface area contributed by atoms with Crippen LogP contribution in [-0.2, 0) is 9.53 Å². The van der Waals surface area contributed by atoms with Crippen molar-refractivity contribution in [2.75, 3.05) is 6.61 Å². The lowest BCUT2D eigenvalue weighted by atomic mass is 10.3. The number of carbonyl (C=O) groups excluding carboxylic acids is 2. The molecule has 0 bridgehead atoms. The highest BCUT2D eigenvalue weighted by atomic mass is 19.4. The van der Waals surface area contributed by atoms with Gasteiger partial charge in [0.05, 0.1) is 12.2 Å². The number of pyridine rings is 1. The van der Waals surface area contributed by atoms with Crippen LogP contribution in [0, 0.1) is 0 Å². The summed E-state index contributed by atoms with van der Waals surface area (Å²) in [4.78, 5) is 26.2. The summed E-state index contributed by atoms with van der Waals surface area (Å²) in [6, 6.07) is 2.75. The number of alkyl halides is 3. The second-order valence-corrected chi connectivity index (χ2v) is 3.36. The Bertz CT molecular complexity index is 515. The van der Waals surface area contributed by atoms with Crippen molar-refractivity contribution in [1.82, 2.24) is 10.4 Å². The van der Waals surface area contributed by atoms with Gasteiger partial charge in [-0.2, -0.15) is 18.3 Å². The van der Waals surface area contributed by atoms with Crippen molar-refractivity contribution in [1.29, 1.82) is 0 Å². The molecule has 0 aliphatic rings. The zero-order valence-electron chi connectivity index (χ0n) is 10.3. The first-order valence-corrected chi connectivity index (χ1v) is 5.38. The predicted molar refractivity (Wildman–Crippen MR) is 61.8 cm³/mol. The first-order valence-electron chi connectivity index (χ1n) is 5.38. The fourth-order valence-electron chi connectivity index (χ4n) is 1.09. The van der Waals surface area contributed by atoms with Gasteiger partial charge in [-0.15, -0.1) is 0 Å². The van der Waals surface area contributed by atoms with Gasteiger partial charge in [0.1, 0.15) is 0 Å². The number of nitrogens with zero attached hydrogens (tertiary/aromatic N) is 2. The summed E-state index contributed by atoms with van der Waals surface area (Å²) in [7, 11) is 0. The molecule has 0 spiro atoms. The van der Waals surface area contributed by atoms with Crippen LogP contribution in [-0.4, -0.2) is 35.4 Å². The number of hydrogen-bond acceptors (Lipinski definition) is 5. The van der Waals surface area contributed by atoms with Crippen LogP contribution in [0.2, 0.25) is 0 Å². The number of aromatic nitrogens is 1. The summed E-state index contributed by atoms with van der Waals surface area (Å²) in [6.45, 7) is 1.10. The van der Waals surface area contributed by atoms with Crippen LogP contribution < -0.4 is 5.43 Å². The third-order valence-corrected chi connectivity index (χ3v) is 1.93. The lowest BCUT2D eigenvalue weighted by Gasteiger charge is -2.09. The van der Waals surface area contributed by atoms with Crippen LogP contribution in [0.5, 0.6) is 0 Å². The van der Waals surface area contributed by atoms with Gasteiger partial charge in [-0.3, -0.25) is 9.78 Å². The Labute approximate surface area is 111 Å². The van der Waals surface area contributed by atoms with E-state index in [9.17, 15) is 22.8 Å². The van der Waals surface area contributed by atoms with Gasteiger partial charge in [0.25, 0.3) is 5.91 Å². The molecular formula is C11H10F3N3O3. The molecule has 0 aliphatic heterocycles. The van der Waals surface area contributed by atoms with E-state index < -0.39 is 23.8 Å². The van der Waals surface area contributed by atoms with E-state index in [-0.39, 0.29) is 12.2 Å². The number of halogens is 3. The molecule has 0 aliphatic carbocycles. The second kappa shape index (κ2) is 6.64. The predicted octanol–water partition coefficient (Wildman–Crippen LogP) is 1.29. The van der Waals surface area contributed by atoms with Gasteiger partial charge in [-0.05, 0) is 19.1 Å². The Morgan fingerprint density at radius 1 is 1.45 bits per heavy atom. The summed E-state index contributed by atoms with van der Waals surface area (Å²) in [6.07, 6.45) is -2.50. The number of ether oxygens (including phenoxy) is 1. The van der Waals surface area contributed by atoms with Crippen LogP contribution in [0.15, 0.2) is 29.6 Å². The van der Waals surface area contributed by atoms with Gasteiger partial charge >= 0.3 is 12.1 Å². The fraction of sp³-hybridized carbons (Fsp3) is 0.273. The number of hydrazone groups is 1. The first kappa shape index (κ1) is 15.6. The molecule has 0 unspecified atom stereocenters. The first-order chi connectivity index (χ1) is 9.36. The maximum Gasteiger partial charge on any atom is 0.442 e. The Morgan fingerprint density at radius 2 is 2.15 bits per heavy atom. The van der Waals surface area contributed by atoms with Crippen molar-refractivity contribution in [2.24, 2.45) is 5.10 Å². The number of amides is 1. The monoisotopic (exact) mass is 289 g/mol. The molecule has 108 valence electrons. The van der Waals surface area contributed by atoms with E-state index in [4.69, 9.17) is 0 Å². The lowest BCUT2D eigenvalue weighted by molar-refractivity contribution is -0.139. The highest BCUT2D eigenvalue weighted by molar-refractivity contribution is 6.38. The molecule has 1 rings (SSSR count). The van der Waals surface area contributed by atoms with Gasteiger partial charge in [-0.1, -0.05) is 0 Å². The van der Waals surface area contributed by atoms with Gasteiger partial charge < -0.3 is 4.74 Å². The lowest BCUT2D eigenvalue weighted by Crippen LogP contribution is -2.35. The number of rotatable bonds is 4. The molecule has 20 heavy (non-hydrogen) atoms. The Balaban J connectivity index is 2.88. The zero-order valence-corrected chi connectivity index (χ0v) is 10.3. The number of esters is 1. The fourth-order valence-corrected chi connectivity index (χ4v) is 1.09. The van der Waals surface area contributed by atoms with Crippen LogP contribution in [0.3, 0.4) is 0 Å². The quantitative estimate of drug-likeness (QED) is 0.514. The normalized spacial score (nSPS) is 11.9. The van der Waals surface area contributed by atoms with E-state index in [0.717, 1.165) is 6.20 Å². The SMILES string of the molecule is CCOC(=O)/C(=N/NC(=O)c1cccnc1)C(F)(F)F. The van der Waals surface area contributed by atoms with Gasteiger partial charge in [0.15, 0.2) is 0 Å². The third kappa shape index (κ3) is 4.34. The maximum absolute atomic E-state index is 12.6. The van der Waals surface area contributed by atoms with Gasteiger partial charge in [0, 0.05) is 12.4 Å². The van der Waals surface area contributed by atoms with Crippen LogP contribution in [0.1, 0.15) is 17.3 Å². The smallest absolute Gasteiger partial charge is 0.442 e. The molecule has 1 aromatic rings. The van der Waals surface area contributed by atoms with Gasteiger partial charge in [-0.25, -0.2) is 10.2 Å². The molecule has 0 saturated carbocycles. The van der Waals surface area contributed by atoms with E-state index in [1.165, 1.54) is 25.3 Å². The molecule has 9 heteroatoms. The topological polar surface area (TPSA) is 80.6 Å². The molecule has 1 N–H and O–H groups in total. The molecule has 0 saturated heterocycles. The van der Waals surface area contributed by atoms with E-state index >= 15 is 0 Å². The third-order valence-electron chi connectivity index (χ3n) is 1.93. The Hall–Kier alpha value is -2.45. The summed E-state index contributed by atoms with van der Waals surface area (Å²) in [5, 5.41) is 2.78. The summed E-state index contributed by atoms with van der Waals surface area (Å²) < 4.78 is 41.9.